The zero-order chi connectivity index (χ0) is 66.7. The molecule has 11 aromatic carbocycles. The predicted octanol–water partition coefficient (Wildman–Crippen LogP) is 12.1. The quantitative estimate of drug-likeness (QED) is 0.0631. The van der Waals surface area contributed by atoms with Crippen molar-refractivity contribution in [1.29, 1.82) is 0 Å². The van der Waals surface area contributed by atoms with E-state index in [0.717, 1.165) is 66.8 Å². The van der Waals surface area contributed by atoms with Crippen LogP contribution >= 0.6 is 0 Å². The van der Waals surface area contributed by atoms with E-state index in [-0.39, 0.29) is 72.6 Å². The second-order valence-corrected chi connectivity index (χ2v) is 23.4. The molecule has 0 spiro atoms. The normalized spacial score (nSPS) is 13.6. The molecule has 24 bridgehead atoms. The van der Waals surface area contributed by atoms with Crippen LogP contribution in [0.3, 0.4) is 0 Å². The number of carbonyl (C=O) groups is 6. The molecule has 0 aliphatic carbocycles. The molecule has 0 saturated heterocycles. The van der Waals surface area contributed by atoms with E-state index in [4.69, 9.17) is 0 Å². The highest BCUT2D eigenvalue weighted by Gasteiger charge is 2.25. The SMILES string of the molecule is O=C1NCc2ccc(cc2)-c2cc3cc(c2)-c2ccc(cc2)CNC(=O)c2ccc(c(O)c2O)C(=O)NCc2ccc(cc2)-c2cc(cc(c2)-c2ccc(cc2)CNC(=O)c2ccc(c(O)c2O)C(=O)NCc2ccc-3cc2)-c2ccc(cc2)CNC(=O)c2ccc1c(O)c2O. The number of hydrogen-bond acceptors (Lipinski definition) is 12. The monoisotopic (exact) mass is 1270 g/mol. The summed E-state index contributed by atoms with van der Waals surface area (Å²) in [5.41, 5.74) is 12.7. The van der Waals surface area contributed by atoms with Crippen molar-refractivity contribution >= 4 is 35.4 Å². The van der Waals surface area contributed by atoms with Gasteiger partial charge in [0.05, 0.1) is 33.4 Å². The fourth-order valence-corrected chi connectivity index (χ4v) is 11.6. The van der Waals surface area contributed by atoms with Gasteiger partial charge in [0.2, 0.25) is 0 Å². The van der Waals surface area contributed by atoms with Crippen molar-refractivity contribution in [2.75, 3.05) is 0 Å². The Morgan fingerprint density at radius 2 is 0.302 bits per heavy atom. The molecule has 0 unspecified atom stereocenters. The first-order chi connectivity index (χ1) is 46.5. The summed E-state index contributed by atoms with van der Waals surface area (Å²) in [7, 11) is 0. The number of amides is 6. The summed E-state index contributed by atoms with van der Waals surface area (Å²) < 4.78 is 0. The number of phenolic OH excluding ortho intramolecular Hbond substituents is 6. The van der Waals surface area contributed by atoms with Gasteiger partial charge in [0.1, 0.15) is 0 Å². The number of hydrogen-bond donors (Lipinski definition) is 12. The second kappa shape index (κ2) is 26.3. The third-order valence-corrected chi connectivity index (χ3v) is 17.2. The molecule has 18 nitrogen and oxygen atoms in total. The predicted molar refractivity (Wildman–Crippen MR) is 362 cm³/mol. The lowest BCUT2D eigenvalue weighted by Gasteiger charge is -2.14. The molecule has 30 heterocycles. The van der Waals surface area contributed by atoms with Crippen LogP contribution in [0.15, 0.2) is 218 Å². The molecule has 30 aliphatic heterocycles. The summed E-state index contributed by atoms with van der Waals surface area (Å²) in [4.78, 5) is 81.5. The summed E-state index contributed by atoms with van der Waals surface area (Å²) in [5.74, 6) is -8.64. The first kappa shape index (κ1) is 61.9. The van der Waals surface area contributed by atoms with Crippen LogP contribution in [0.25, 0.3) is 66.8 Å². The largest absolute Gasteiger partial charge is 0.504 e. The van der Waals surface area contributed by atoms with Gasteiger partial charge in [-0.15, -0.1) is 0 Å². The lowest BCUT2D eigenvalue weighted by Crippen LogP contribution is -2.24. The van der Waals surface area contributed by atoms with Gasteiger partial charge in [0.15, 0.2) is 34.5 Å². The van der Waals surface area contributed by atoms with Crippen molar-refractivity contribution in [2.24, 2.45) is 0 Å². The summed E-state index contributed by atoms with van der Waals surface area (Å²) in [5, 5.41) is 83.5. The number of phenols is 6. The highest BCUT2D eigenvalue weighted by molar-refractivity contribution is 6.05. The minimum atomic E-state index is -0.753. The average Bonchev–Trinajstić information content (AvgIpc) is 0.895. The van der Waals surface area contributed by atoms with Crippen LogP contribution in [-0.2, 0) is 39.3 Å². The summed E-state index contributed by atoms with van der Waals surface area (Å²) in [6.07, 6.45) is 0. The molecule has 0 aromatic heterocycles. The number of rotatable bonds is 0. The Bertz CT molecular complexity index is 4100. The van der Waals surface area contributed by atoms with Crippen molar-refractivity contribution in [2.45, 2.75) is 39.3 Å². The van der Waals surface area contributed by atoms with Gasteiger partial charge in [-0.2, -0.15) is 0 Å². The van der Waals surface area contributed by atoms with E-state index < -0.39 is 69.9 Å². The molecule has 41 rings (SSSR count). The summed E-state index contributed by atoms with van der Waals surface area (Å²) in [6.45, 7) is 0.266. The van der Waals surface area contributed by atoms with E-state index in [2.05, 4.69) is 31.9 Å². The third-order valence-electron chi connectivity index (χ3n) is 17.2. The molecule has 0 fully saturated rings. The van der Waals surface area contributed by atoms with Gasteiger partial charge in [-0.1, -0.05) is 146 Å². The van der Waals surface area contributed by atoms with Gasteiger partial charge in [-0.3, -0.25) is 28.8 Å². The Morgan fingerprint density at radius 1 is 0.177 bits per heavy atom. The van der Waals surface area contributed by atoms with Gasteiger partial charge in [-0.25, -0.2) is 0 Å². The number of nitrogens with one attached hydrogen (secondary N) is 6. The second-order valence-electron chi connectivity index (χ2n) is 23.4. The van der Waals surface area contributed by atoms with Crippen molar-refractivity contribution in [3.63, 3.8) is 0 Å². The van der Waals surface area contributed by atoms with Crippen LogP contribution in [0.5, 0.6) is 34.5 Å². The Hall–Kier alpha value is -13.0. The maximum atomic E-state index is 13.6. The van der Waals surface area contributed by atoms with Gasteiger partial charge in [0, 0.05) is 39.3 Å². The van der Waals surface area contributed by atoms with E-state index in [1.165, 1.54) is 36.4 Å². The molecule has 96 heavy (non-hydrogen) atoms. The highest BCUT2D eigenvalue weighted by atomic mass is 16.3. The van der Waals surface area contributed by atoms with Gasteiger partial charge >= 0.3 is 0 Å². The van der Waals surface area contributed by atoms with Crippen LogP contribution in [-0.4, -0.2) is 66.1 Å². The van der Waals surface area contributed by atoms with Gasteiger partial charge in [-0.05, 0) is 173 Å². The molecule has 6 amide bonds. The highest BCUT2D eigenvalue weighted by Crippen LogP contribution is 2.39. The van der Waals surface area contributed by atoms with Crippen LogP contribution in [0.1, 0.15) is 95.5 Å². The Labute approximate surface area is 549 Å². The van der Waals surface area contributed by atoms with Crippen LogP contribution in [0.4, 0.5) is 0 Å². The minimum Gasteiger partial charge on any atom is -0.504 e. The number of carbonyl (C=O) groups excluding carboxylic acids is 6. The number of benzene rings is 11. The molecular formula is C78H60N6O12. The molecule has 12 N–H and O–H groups in total. The molecule has 30 aliphatic rings. The van der Waals surface area contributed by atoms with E-state index >= 15 is 0 Å². The van der Waals surface area contributed by atoms with Crippen LogP contribution < -0.4 is 31.9 Å². The van der Waals surface area contributed by atoms with Crippen LogP contribution in [0.2, 0.25) is 0 Å². The fourth-order valence-electron chi connectivity index (χ4n) is 11.6. The molecular weight excluding hydrogens is 1210 g/mol. The maximum absolute atomic E-state index is 13.6. The molecule has 0 atom stereocenters. The lowest BCUT2D eigenvalue weighted by atomic mass is 9.92. The molecule has 0 radical (unpaired) electrons. The van der Waals surface area contributed by atoms with E-state index in [1.54, 1.807) is 0 Å². The minimum absolute atomic E-state index is 0.0443. The van der Waals surface area contributed by atoms with Crippen molar-refractivity contribution in [3.8, 4) is 101 Å². The Balaban J connectivity index is 0.885. The van der Waals surface area contributed by atoms with Crippen molar-refractivity contribution in [1.82, 2.24) is 31.9 Å². The summed E-state index contributed by atoms with van der Waals surface area (Å²) >= 11 is 0. The first-order valence-corrected chi connectivity index (χ1v) is 30.7. The summed E-state index contributed by atoms with van der Waals surface area (Å²) in [6, 6.07) is 64.7. The van der Waals surface area contributed by atoms with E-state index in [0.29, 0.717) is 33.4 Å². The molecule has 18 heteroatoms. The average molecular weight is 1270 g/mol. The third kappa shape index (κ3) is 13.0. The fraction of sp³-hybridized carbons (Fsp3) is 0.0769. The smallest absolute Gasteiger partial charge is 0.255 e. The molecule has 11 aromatic rings. The number of aromatic hydroxyl groups is 6. The van der Waals surface area contributed by atoms with Gasteiger partial charge < -0.3 is 62.5 Å². The zero-order valence-corrected chi connectivity index (χ0v) is 51.2. The lowest BCUT2D eigenvalue weighted by molar-refractivity contribution is 0.0933. The molecule has 0 saturated carbocycles. The van der Waals surface area contributed by atoms with Gasteiger partial charge in [0.25, 0.3) is 35.4 Å². The van der Waals surface area contributed by atoms with E-state index in [1.807, 2.05) is 182 Å². The zero-order valence-electron chi connectivity index (χ0n) is 51.2. The molecule has 474 valence electrons. The van der Waals surface area contributed by atoms with Crippen LogP contribution in [0, 0.1) is 0 Å². The topological polar surface area (TPSA) is 296 Å². The standard InChI is InChI=1S/C78H60N6O12/c85-67-61-25-26-62(68(67)86)74(92)80-40-46-7-19-52(20-8-46)58-34-59-36-60(35-58)54-23-11-48(12-24-54)42-84-78(96)66-30-28-64(70(88)72(66)90)76(94)82-39-45-5-17-51(18-6-45)57-32-55(49-13-1-43(2-14-49)37-79-73(61)91)31-56(33-57)50-15-3-44(4-16-50)38-81-75(93)63-27-29-65(71(89)69(63)87)77(95)83-41-47-9-21-53(59)22-10-47/h1-36,85-90H,37-42H2,(H,79,91)(H,80,92)(H,81,93)(H,82,94)(H,83,95)(H,84,96). The van der Waals surface area contributed by atoms with Crippen molar-refractivity contribution in [3.05, 3.63) is 285 Å². The Morgan fingerprint density at radius 3 is 0.427 bits per heavy atom. The first-order valence-electron chi connectivity index (χ1n) is 30.7. The van der Waals surface area contributed by atoms with Crippen molar-refractivity contribution < 1.29 is 59.4 Å². The Kier molecular flexibility index (Phi) is 17.0. The van der Waals surface area contributed by atoms with E-state index in [9.17, 15) is 59.4 Å². The maximum Gasteiger partial charge on any atom is 0.255 e.